The van der Waals surface area contributed by atoms with Gasteiger partial charge in [-0.3, -0.25) is 4.99 Å². The number of aliphatic imine (C=N–C) groups is 1. The van der Waals surface area contributed by atoms with Crippen molar-refractivity contribution in [3.05, 3.63) is 71.8 Å². The molecule has 0 radical (unpaired) electrons. The average molecular weight is 222 g/mol. The second kappa shape index (κ2) is 4.42. The molecular formula is C15H14N2. The van der Waals surface area contributed by atoms with E-state index in [1.807, 2.05) is 18.5 Å². The molecule has 84 valence electrons. The third-order valence-corrected chi connectivity index (χ3v) is 3.10. The minimum absolute atomic E-state index is 0.179. The zero-order valence-electron chi connectivity index (χ0n) is 9.45. The topological polar surface area (TPSA) is 24.4 Å². The summed E-state index contributed by atoms with van der Waals surface area (Å²) in [6.07, 6.45) is 1.81. The van der Waals surface area contributed by atoms with Crippen LogP contribution in [0, 0.1) is 0 Å². The van der Waals surface area contributed by atoms with Crippen LogP contribution in [0.2, 0.25) is 0 Å². The van der Waals surface area contributed by atoms with Crippen molar-refractivity contribution in [3.63, 3.8) is 0 Å². The quantitative estimate of drug-likeness (QED) is 0.829. The van der Waals surface area contributed by atoms with Gasteiger partial charge in [-0.05, 0) is 11.1 Å². The van der Waals surface area contributed by atoms with Gasteiger partial charge in [0.05, 0.1) is 12.4 Å². The summed E-state index contributed by atoms with van der Waals surface area (Å²) in [6.45, 7) is 0. The van der Waals surface area contributed by atoms with Crippen molar-refractivity contribution in [2.45, 2.75) is 12.1 Å². The molecule has 0 aliphatic carbocycles. The molecule has 0 saturated heterocycles. The van der Waals surface area contributed by atoms with E-state index >= 15 is 0 Å². The predicted molar refractivity (Wildman–Crippen MR) is 70.0 cm³/mol. The number of benzene rings is 2. The van der Waals surface area contributed by atoms with Gasteiger partial charge < -0.3 is 5.32 Å². The molecule has 17 heavy (non-hydrogen) atoms. The first-order valence-corrected chi connectivity index (χ1v) is 5.83. The Bertz CT molecular complexity index is 505. The monoisotopic (exact) mass is 222 g/mol. The summed E-state index contributed by atoms with van der Waals surface area (Å²) in [5, 5.41) is 3.33. The summed E-state index contributed by atoms with van der Waals surface area (Å²) < 4.78 is 0. The lowest BCUT2D eigenvalue weighted by atomic mass is 9.95. The zero-order valence-corrected chi connectivity index (χ0v) is 9.45. The minimum atomic E-state index is 0.179. The molecule has 0 unspecified atom stereocenters. The molecule has 1 N–H and O–H groups in total. The Morgan fingerprint density at radius 3 is 2.00 bits per heavy atom. The molecule has 1 aliphatic rings. The Labute approximate surface area is 101 Å². The third-order valence-electron chi connectivity index (χ3n) is 3.10. The molecule has 1 aliphatic heterocycles. The van der Waals surface area contributed by atoms with E-state index in [-0.39, 0.29) is 12.1 Å². The number of rotatable bonds is 2. The van der Waals surface area contributed by atoms with Gasteiger partial charge in [0.1, 0.15) is 6.04 Å². The number of nitrogens with one attached hydrogen (secondary N) is 1. The van der Waals surface area contributed by atoms with Crippen LogP contribution in [-0.4, -0.2) is 6.34 Å². The van der Waals surface area contributed by atoms with Crippen molar-refractivity contribution >= 4 is 6.34 Å². The van der Waals surface area contributed by atoms with Crippen LogP contribution in [0.1, 0.15) is 23.2 Å². The Kier molecular flexibility index (Phi) is 2.62. The van der Waals surface area contributed by atoms with Gasteiger partial charge in [0.15, 0.2) is 0 Å². The molecule has 0 saturated carbocycles. The number of hydrogen-bond acceptors (Lipinski definition) is 2. The fourth-order valence-electron chi connectivity index (χ4n) is 2.25. The van der Waals surface area contributed by atoms with Gasteiger partial charge in [-0.1, -0.05) is 60.7 Å². The summed E-state index contributed by atoms with van der Waals surface area (Å²) in [5.41, 5.74) is 2.53. The van der Waals surface area contributed by atoms with Gasteiger partial charge in [-0.2, -0.15) is 0 Å². The van der Waals surface area contributed by atoms with E-state index in [9.17, 15) is 0 Å². The molecule has 0 bridgehead atoms. The first-order valence-electron chi connectivity index (χ1n) is 5.83. The van der Waals surface area contributed by atoms with Gasteiger partial charge in [0.25, 0.3) is 0 Å². The molecule has 0 amide bonds. The number of hydrogen-bond donors (Lipinski definition) is 1. The van der Waals surface area contributed by atoms with Crippen LogP contribution in [0.25, 0.3) is 0 Å². The van der Waals surface area contributed by atoms with Crippen molar-refractivity contribution in [2.75, 3.05) is 0 Å². The molecule has 2 nitrogen and oxygen atoms in total. The Balaban J connectivity index is 1.93. The highest BCUT2D eigenvalue weighted by Crippen LogP contribution is 2.34. The van der Waals surface area contributed by atoms with Crippen LogP contribution >= 0.6 is 0 Å². The molecule has 2 atom stereocenters. The van der Waals surface area contributed by atoms with Gasteiger partial charge in [0.2, 0.25) is 0 Å². The van der Waals surface area contributed by atoms with Crippen molar-refractivity contribution in [1.29, 1.82) is 0 Å². The fraction of sp³-hybridized carbons (Fsp3) is 0.133. The lowest BCUT2D eigenvalue weighted by molar-refractivity contribution is 0.573. The number of nitrogens with zero attached hydrogens (tertiary/aromatic N) is 1. The van der Waals surface area contributed by atoms with Gasteiger partial charge in [-0.25, -0.2) is 0 Å². The molecule has 2 aromatic rings. The van der Waals surface area contributed by atoms with Gasteiger partial charge in [0, 0.05) is 0 Å². The van der Waals surface area contributed by atoms with Crippen molar-refractivity contribution < 1.29 is 0 Å². The van der Waals surface area contributed by atoms with Crippen LogP contribution in [0.4, 0.5) is 0 Å². The lowest BCUT2D eigenvalue weighted by Crippen LogP contribution is -2.18. The van der Waals surface area contributed by atoms with Gasteiger partial charge in [-0.15, -0.1) is 0 Å². The van der Waals surface area contributed by atoms with Crippen LogP contribution < -0.4 is 5.32 Å². The second-order valence-electron chi connectivity index (χ2n) is 4.19. The first kappa shape index (κ1) is 10.1. The summed E-state index contributed by atoms with van der Waals surface area (Å²) in [4.78, 5) is 4.53. The summed E-state index contributed by atoms with van der Waals surface area (Å²) >= 11 is 0. The largest absolute Gasteiger partial charge is 0.367 e. The average Bonchev–Trinajstić information content (AvgIpc) is 2.90. The van der Waals surface area contributed by atoms with E-state index in [0.717, 1.165) is 0 Å². The molecule has 0 aromatic heterocycles. The maximum absolute atomic E-state index is 4.53. The van der Waals surface area contributed by atoms with Crippen molar-refractivity contribution in [1.82, 2.24) is 5.32 Å². The zero-order chi connectivity index (χ0) is 11.5. The van der Waals surface area contributed by atoms with Crippen LogP contribution in [0.3, 0.4) is 0 Å². The van der Waals surface area contributed by atoms with Crippen molar-refractivity contribution in [3.8, 4) is 0 Å². The second-order valence-corrected chi connectivity index (χ2v) is 4.19. The molecule has 3 rings (SSSR count). The SMILES string of the molecule is C1=N[C@@H](c2ccccc2)[C@@H](c2ccccc2)N1. The van der Waals surface area contributed by atoms with E-state index in [1.165, 1.54) is 11.1 Å². The predicted octanol–water partition coefficient (Wildman–Crippen LogP) is 3.10. The minimum Gasteiger partial charge on any atom is -0.367 e. The van der Waals surface area contributed by atoms with Gasteiger partial charge >= 0.3 is 0 Å². The Hall–Kier alpha value is -2.09. The summed E-state index contributed by atoms with van der Waals surface area (Å²) in [7, 11) is 0. The highest BCUT2D eigenvalue weighted by Gasteiger charge is 2.26. The molecule has 0 spiro atoms. The molecule has 2 heteroatoms. The fourth-order valence-corrected chi connectivity index (χ4v) is 2.25. The third kappa shape index (κ3) is 1.94. The Morgan fingerprint density at radius 1 is 0.765 bits per heavy atom. The molecule has 1 heterocycles. The molecule has 0 fully saturated rings. The standard InChI is InChI=1S/C15H14N2/c1-3-7-12(8-4-1)14-15(17-11-16-14)13-9-5-2-6-10-13/h1-11,14-15H,(H,16,17)/t14-,15+. The van der Waals surface area contributed by atoms with E-state index in [1.54, 1.807) is 0 Å². The lowest BCUT2D eigenvalue weighted by Gasteiger charge is -2.19. The van der Waals surface area contributed by atoms with Crippen LogP contribution in [0.5, 0.6) is 0 Å². The van der Waals surface area contributed by atoms with Crippen molar-refractivity contribution in [2.24, 2.45) is 4.99 Å². The molecule has 2 aromatic carbocycles. The maximum atomic E-state index is 4.53. The molecular weight excluding hydrogens is 208 g/mol. The maximum Gasteiger partial charge on any atom is 0.101 e. The Morgan fingerprint density at radius 2 is 1.35 bits per heavy atom. The smallest absolute Gasteiger partial charge is 0.101 e. The normalized spacial score (nSPS) is 22.4. The van der Waals surface area contributed by atoms with Crippen LogP contribution in [0.15, 0.2) is 65.7 Å². The highest BCUT2D eigenvalue weighted by atomic mass is 15.1. The van der Waals surface area contributed by atoms with Crippen LogP contribution in [-0.2, 0) is 0 Å². The van der Waals surface area contributed by atoms with E-state index < -0.39 is 0 Å². The summed E-state index contributed by atoms with van der Waals surface area (Å²) in [6, 6.07) is 21.3. The van der Waals surface area contributed by atoms with E-state index in [2.05, 4.69) is 58.8 Å². The van der Waals surface area contributed by atoms with E-state index in [0.29, 0.717) is 0 Å². The first-order chi connectivity index (χ1) is 8.45. The summed E-state index contributed by atoms with van der Waals surface area (Å²) in [5.74, 6) is 0. The highest BCUT2D eigenvalue weighted by molar-refractivity contribution is 5.60. The van der Waals surface area contributed by atoms with E-state index in [4.69, 9.17) is 0 Å².